The van der Waals surface area contributed by atoms with Gasteiger partial charge in [0.05, 0.1) is 10.6 Å². The lowest BCUT2D eigenvalue weighted by molar-refractivity contribution is 0.0556. The molecule has 88 valence electrons. The van der Waals surface area contributed by atoms with Gasteiger partial charge in [0.1, 0.15) is 17.4 Å². The molecule has 0 saturated heterocycles. The highest BCUT2D eigenvalue weighted by atomic mass is 79.9. The van der Waals surface area contributed by atoms with E-state index >= 15 is 0 Å². The van der Waals surface area contributed by atoms with E-state index in [0.717, 1.165) is 0 Å². The van der Waals surface area contributed by atoms with Gasteiger partial charge in [-0.15, -0.1) is 0 Å². The smallest absolute Gasteiger partial charge is 0.339 e. The van der Waals surface area contributed by atoms with Gasteiger partial charge in [0.25, 0.3) is 0 Å². The Kier molecular flexibility index (Phi) is 4.32. The minimum atomic E-state index is -1.06. The first-order chi connectivity index (χ1) is 7.43. The fourth-order valence-electron chi connectivity index (χ4n) is 1.08. The standard InChI is InChI=1S/C11H13BrO4/c1-6(13)7(2)16-10-8(11(14)15)4-3-5-9(10)12/h3-7,13H,1-2H3,(H,14,15). The summed E-state index contributed by atoms with van der Waals surface area (Å²) in [5.74, 6) is -0.822. The van der Waals surface area contributed by atoms with Gasteiger partial charge in [-0.1, -0.05) is 6.07 Å². The van der Waals surface area contributed by atoms with Crippen LogP contribution in [0.1, 0.15) is 24.2 Å². The van der Waals surface area contributed by atoms with Crippen LogP contribution in [0.15, 0.2) is 22.7 Å². The van der Waals surface area contributed by atoms with Gasteiger partial charge < -0.3 is 14.9 Å². The third-order valence-electron chi connectivity index (χ3n) is 2.18. The molecular weight excluding hydrogens is 276 g/mol. The Morgan fingerprint density at radius 2 is 2.06 bits per heavy atom. The van der Waals surface area contributed by atoms with Gasteiger partial charge in [-0.3, -0.25) is 0 Å². The normalized spacial score (nSPS) is 14.2. The SMILES string of the molecule is CC(O)C(C)Oc1c(Br)cccc1C(=O)O. The number of hydrogen-bond acceptors (Lipinski definition) is 3. The van der Waals surface area contributed by atoms with Gasteiger partial charge in [0, 0.05) is 0 Å². The summed E-state index contributed by atoms with van der Waals surface area (Å²) in [7, 11) is 0. The first-order valence-electron chi connectivity index (χ1n) is 4.80. The Balaban J connectivity index is 3.06. The minimum Gasteiger partial charge on any atom is -0.486 e. The van der Waals surface area contributed by atoms with Crippen LogP contribution in [0.4, 0.5) is 0 Å². The first kappa shape index (κ1) is 13.0. The van der Waals surface area contributed by atoms with Gasteiger partial charge in [0.15, 0.2) is 0 Å². The van der Waals surface area contributed by atoms with E-state index in [1.807, 2.05) is 0 Å². The Bertz CT molecular complexity index is 390. The van der Waals surface area contributed by atoms with Crippen molar-refractivity contribution in [2.24, 2.45) is 0 Å². The number of rotatable bonds is 4. The topological polar surface area (TPSA) is 66.8 Å². The molecule has 16 heavy (non-hydrogen) atoms. The zero-order chi connectivity index (χ0) is 12.3. The number of benzene rings is 1. The number of ether oxygens (including phenoxy) is 1. The number of aliphatic hydroxyl groups excluding tert-OH is 1. The van der Waals surface area contributed by atoms with Gasteiger partial charge >= 0.3 is 5.97 Å². The van der Waals surface area contributed by atoms with Crippen molar-refractivity contribution >= 4 is 21.9 Å². The number of halogens is 1. The number of para-hydroxylation sites is 1. The number of aromatic carboxylic acids is 1. The quantitative estimate of drug-likeness (QED) is 0.892. The van der Waals surface area contributed by atoms with Crippen LogP contribution < -0.4 is 4.74 Å². The average Bonchev–Trinajstić information content (AvgIpc) is 2.20. The van der Waals surface area contributed by atoms with Crippen LogP contribution in [0, 0.1) is 0 Å². The highest BCUT2D eigenvalue weighted by Gasteiger charge is 2.18. The summed E-state index contributed by atoms with van der Waals surface area (Å²) in [5, 5.41) is 18.3. The summed E-state index contributed by atoms with van der Waals surface area (Å²) in [6, 6.07) is 4.77. The fourth-order valence-corrected chi connectivity index (χ4v) is 1.54. The van der Waals surface area contributed by atoms with Crippen LogP contribution in [0.2, 0.25) is 0 Å². The van der Waals surface area contributed by atoms with Crippen molar-refractivity contribution in [3.63, 3.8) is 0 Å². The lowest BCUT2D eigenvalue weighted by atomic mass is 10.2. The van der Waals surface area contributed by atoms with E-state index in [-0.39, 0.29) is 11.3 Å². The third-order valence-corrected chi connectivity index (χ3v) is 2.80. The molecule has 0 heterocycles. The number of carbonyl (C=O) groups is 1. The second-order valence-electron chi connectivity index (χ2n) is 3.49. The van der Waals surface area contributed by atoms with Crippen molar-refractivity contribution < 1.29 is 19.7 Å². The summed E-state index contributed by atoms with van der Waals surface area (Å²) in [6.45, 7) is 3.26. The minimum absolute atomic E-state index is 0.0712. The number of aliphatic hydroxyl groups is 1. The lowest BCUT2D eigenvalue weighted by Crippen LogP contribution is -2.26. The van der Waals surface area contributed by atoms with Gasteiger partial charge in [-0.05, 0) is 41.9 Å². The molecule has 0 aliphatic carbocycles. The van der Waals surface area contributed by atoms with Crippen molar-refractivity contribution in [3.05, 3.63) is 28.2 Å². The molecule has 0 bridgehead atoms. The molecule has 0 aliphatic heterocycles. The molecule has 0 radical (unpaired) electrons. The van der Waals surface area contributed by atoms with E-state index < -0.39 is 18.2 Å². The van der Waals surface area contributed by atoms with Crippen molar-refractivity contribution in [1.29, 1.82) is 0 Å². The summed E-state index contributed by atoms with van der Waals surface area (Å²) in [4.78, 5) is 11.0. The monoisotopic (exact) mass is 288 g/mol. The molecule has 1 aromatic rings. The second-order valence-corrected chi connectivity index (χ2v) is 4.34. The molecule has 4 nitrogen and oxygen atoms in total. The predicted molar refractivity (Wildman–Crippen MR) is 62.9 cm³/mol. The highest BCUT2D eigenvalue weighted by molar-refractivity contribution is 9.10. The summed E-state index contributed by atoms with van der Waals surface area (Å²) >= 11 is 3.22. The Labute approximate surface area is 102 Å². The van der Waals surface area contributed by atoms with Crippen molar-refractivity contribution in [2.75, 3.05) is 0 Å². The van der Waals surface area contributed by atoms with Crippen LogP contribution >= 0.6 is 15.9 Å². The maximum atomic E-state index is 11.0. The van der Waals surface area contributed by atoms with E-state index in [1.54, 1.807) is 26.0 Å². The molecule has 0 aliphatic rings. The van der Waals surface area contributed by atoms with Crippen LogP contribution in [-0.2, 0) is 0 Å². The maximum absolute atomic E-state index is 11.0. The Morgan fingerprint density at radius 3 is 2.56 bits per heavy atom. The van der Waals surface area contributed by atoms with E-state index in [0.29, 0.717) is 4.47 Å². The van der Waals surface area contributed by atoms with E-state index in [2.05, 4.69) is 15.9 Å². The molecule has 5 heteroatoms. The summed E-state index contributed by atoms with van der Waals surface area (Å²) in [6.07, 6.45) is -1.15. The molecule has 1 rings (SSSR count). The average molecular weight is 289 g/mol. The summed E-state index contributed by atoms with van der Waals surface area (Å²) < 4.78 is 5.98. The first-order valence-corrected chi connectivity index (χ1v) is 5.59. The lowest BCUT2D eigenvalue weighted by Gasteiger charge is -2.19. The predicted octanol–water partition coefficient (Wildman–Crippen LogP) is 2.30. The van der Waals surface area contributed by atoms with Crippen molar-refractivity contribution in [2.45, 2.75) is 26.1 Å². The van der Waals surface area contributed by atoms with E-state index in [1.165, 1.54) is 6.07 Å². The molecule has 0 saturated carbocycles. The molecule has 0 spiro atoms. The van der Waals surface area contributed by atoms with Crippen LogP contribution in [0.25, 0.3) is 0 Å². The van der Waals surface area contributed by atoms with E-state index in [4.69, 9.17) is 9.84 Å². The van der Waals surface area contributed by atoms with E-state index in [9.17, 15) is 9.90 Å². The number of carboxylic acid groups (broad SMARTS) is 1. The molecule has 1 aromatic carbocycles. The molecule has 2 N–H and O–H groups in total. The van der Waals surface area contributed by atoms with Gasteiger partial charge in [-0.2, -0.15) is 0 Å². The van der Waals surface area contributed by atoms with Gasteiger partial charge in [-0.25, -0.2) is 4.79 Å². The van der Waals surface area contributed by atoms with Crippen molar-refractivity contribution in [3.8, 4) is 5.75 Å². The molecule has 0 aromatic heterocycles. The fraction of sp³-hybridized carbons (Fsp3) is 0.364. The van der Waals surface area contributed by atoms with Crippen LogP contribution in [0.5, 0.6) is 5.75 Å². The number of carboxylic acids is 1. The van der Waals surface area contributed by atoms with Gasteiger partial charge in [0.2, 0.25) is 0 Å². The Hall–Kier alpha value is -1.07. The summed E-state index contributed by atoms with van der Waals surface area (Å²) in [5.41, 5.74) is 0.0712. The zero-order valence-corrected chi connectivity index (χ0v) is 10.6. The van der Waals surface area contributed by atoms with Crippen LogP contribution in [0.3, 0.4) is 0 Å². The zero-order valence-electron chi connectivity index (χ0n) is 8.98. The second kappa shape index (κ2) is 5.32. The molecule has 0 amide bonds. The molecule has 2 unspecified atom stereocenters. The Morgan fingerprint density at radius 1 is 1.44 bits per heavy atom. The number of hydrogen-bond donors (Lipinski definition) is 2. The largest absolute Gasteiger partial charge is 0.486 e. The van der Waals surface area contributed by atoms with Crippen LogP contribution in [-0.4, -0.2) is 28.4 Å². The molecule has 0 fully saturated rings. The maximum Gasteiger partial charge on any atom is 0.339 e. The molecule has 2 atom stereocenters. The highest BCUT2D eigenvalue weighted by Crippen LogP contribution is 2.30. The van der Waals surface area contributed by atoms with Crippen molar-refractivity contribution in [1.82, 2.24) is 0 Å². The third kappa shape index (κ3) is 2.96. The molecular formula is C11H13BrO4.